The lowest BCUT2D eigenvalue weighted by atomic mass is 9.82. The summed E-state index contributed by atoms with van der Waals surface area (Å²) in [6, 6.07) is 6.52. The summed E-state index contributed by atoms with van der Waals surface area (Å²) in [7, 11) is 0. The molecule has 0 atom stereocenters. The number of H-pyrrole nitrogens is 1. The summed E-state index contributed by atoms with van der Waals surface area (Å²) >= 11 is 0. The average molecular weight is 188 g/mol. The average Bonchev–Trinajstić information content (AvgIpc) is 2.64. The Kier molecular flexibility index (Phi) is 2.06. The monoisotopic (exact) mass is 188 g/mol. The van der Waals surface area contributed by atoms with E-state index in [9.17, 15) is 0 Å². The third kappa shape index (κ3) is 1.41. The van der Waals surface area contributed by atoms with Crippen molar-refractivity contribution in [2.24, 2.45) is 0 Å². The van der Waals surface area contributed by atoms with Gasteiger partial charge in [0.15, 0.2) is 0 Å². The van der Waals surface area contributed by atoms with E-state index < -0.39 is 0 Å². The molecular weight excluding hydrogens is 172 g/mol. The second-order valence-electron chi connectivity index (χ2n) is 4.41. The van der Waals surface area contributed by atoms with E-state index in [1.165, 1.54) is 10.9 Å². The van der Waals surface area contributed by atoms with E-state index in [2.05, 4.69) is 49.2 Å². The number of rotatable bonds is 2. The van der Waals surface area contributed by atoms with E-state index in [0.29, 0.717) is 0 Å². The van der Waals surface area contributed by atoms with Crippen LogP contribution in [0.4, 0.5) is 0 Å². The zero-order valence-corrected chi connectivity index (χ0v) is 8.96. The highest BCUT2D eigenvalue weighted by atomic mass is 15.1. The first-order valence-electron chi connectivity index (χ1n) is 5.07. The Labute approximate surface area is 84.3 Å². The van der Waals surface area contributed by atoms with Crippen LogP contribution >= 0.6 is 0 Å². The van der Waals surface area contributed by atoms with E-state index in [1.807, 2.05) is 6.20 Å². The topological polar surface area (TPSA) is 28.7 Å². The van der Waals surface area contributed by atoms with Crippen LogP contribution < -0.4 is 0 Å². The van der Waals surface area contributed by atoms with Gasteiger partial charge in [0.2, 0.25) is 0 Å². The van der Waals surface area contributed by atoms with Gasteiger partial charge in [0.25, 0.3) is 0 Å². The van der Waals surface area contributed by atoms with Crippen LogP contribution in [0.25, 0.3) is 10.9 Å². The molecule has 2 heteroatoms. The Hall–Kier alpha value is -1.31. The first kappa shape index (κ1) is 9.25. The van der Waals surface area contributed by atoms with Gasteiger partial charge in [0.1, 0.15) is 0 Å². The van der Waals surface area contributed by atoms with Gasteiger partial charge >= 0.3 is 0 Å². The summed E-state index contributed by atoms with van der Waals surface area (Å²) in [5, 5.41) is 8.19. The van der Waals surface area contributed by atoms with Crippen LogP contribution in [-0.4, -0.2) is 10.2 Å². The third-order valence-electron chi connectivity index (χ3n) is 3.11. The standard InChI is InChI=1S/C12H16N2/c1-4-12(2,3)10-5-6-11-9(7-10)8-13-14-11/h5-8H,4H2,1-3H3,(H,13,14). The number of benzene rings is 1. The van der Waals surface area contributed by atoms with Gasteiger partial charge in [-0.1, -0.05) is 26.8 Å². The predicted molar refractivity (Wildman–Crippen MR) is 59.4 cm³/mol. The number of nitrogens with zero attached hydrogens (tertiary/aromatic N) is 1. The van der Waals surface area contributed by atoms with Crippen LogP contribution in [0.2, 0.25) is 0 Å². The number of hydrogen-bond acceptors (Lipinski definition) is 1. The second kappa shape index (κ2) is 3.12. The van der Waals surface area contributed by atoms with Gasteiger partial charge < -0.3 is 0 Å². The number of aromatic amines is 1. The molecule has 0 radical (unpaired) electrons. The van der Waals surface area contributed by atoms with E-state index in [1.54, 1.807) is 0 Å². The molecule has 1 aromatic heterocycles. The van der Waals surface area contributed by atoms with Crippen molar-refractivity contribution in [3.05, 3.63) is 30.0 Å². The number of nitrogens with one attached hydrogen (secondary N) is 1. The van der Waals surface area contributed by atoms with Crippen molar-refractivity contribution in [1.29, 1.82) is 0 Å². The van der Waals surface area contributed by atoms with Crippen molar-refractivity contribution < 1.29 is 0 Å². The van der Waals surface area contributed by atoms with Crippen LogP contribution in [-0.2, 0) is 5.41 Å². The smallest absolute Gasteiger partial charge is 0.0650 e. The fourth-order valence-electron chi connectivity index (χ4n) is 1.57. The van der Waals surface area contributed by atoms with Crippen molar-refractivity contribution in [2.75, 3.05) is 0 Å². The summed E-state index contributed by atoms with van der Waals surface area (Å²) < 4.78 is 0. The van der Waals surface area contributed by atoms with Gasteiger partial charge in [-0.2, -0.15) is 5.10 Å². The van der Waals surface area contributed by atoms with Gasteiger partial charge in [0.05, 0.1) is 11.7 Å². The second-order valence-corrected chi connectivity index (χ2v) is 4.41. The highest BCUT2D eigenvalue weighted by Gasteiger charge is 2.17. The fraction of sp³-hybridized carbons (Fsp3) is 0.417. The molecule has 1 heterocycles. The molecule has 74 valence electrons. The summed E-state index contributed by atoms with van der Waals surface area (Å²) in [5.74, 6) is 0. The maximum Gasteiger partial charge on any atom is 0.0650 e. The Balaban J connectivity index is 2.53. The van der Waals surface area contributed by atoms with Gasteiger partial charge in [-0.3, -0.25) is 5.10 Å². The van der Waals surface area contributed by atoms with E-state index in [0.717, 1.165) is 11.9 Å². The number of fused-ring (bicyclic) bond motifs is 1. The lowest BCUT2D eigenvalue weighted by Crippen LogP contribution is -2.14. The summed E-state index contributed by atoms with van der Waals surface area (Å²) in [4.78, 5) is 0. The highest BCUT2D eigenvalue weighted by Crippen LogP contribution is 2.28. The minimum Gasteiger partial charge on any atom is -0.278 e. The lowest BCUT2D eigenvalue weighted by molar-refractivity contribution is 0.507. The quantitative estimate of drug-likeness (QED) is 0.770. The molecule has 1 N–H and O–H groups in total. The molecule has 2 aromatic rings. The summed E-state index contributed by atoms with van der Waals surface area (Å²) in [6.45, 7) is 6.77. The maximum atomic E-state index is 4.03. The molecular formula is C12H16N2. The molecule has 0 saturated heterocycles. The van der Waals surface area contributed by atoms with Crippen LogP contribution in [0.5, 0.6) is 0 Å². The lowest BCUT2D eigenvalue weighted by Gasteiger charge is -2.23. The third-order valence-corrected chi connectivity index (χ3v) is 3.11. The van der Waals surface area contributed by atoms with Crippen LogP contribution in [0.3, 0.4) is 0 Å². The van der Waals surface area contributed by atoms with E-state index >= 15 is 0 Å². The molecule has 0 aliphatic carbocycles. The first-order valence-corrected chi connectivity index (χ1v) is 5.07. The van der Waals surface area contributed by atoms with Crippen molar-refractivity contribution in [3.63, 3.8) is 0 Å². The fourth-order valence-corrected chi connectivity index (χ4v) is 1.57. The van der Waals surface area contributed by atoms with Gasteiger partial charge in [-0.15, -0.1) is 0 Å². The van der Waals surface area contributed by atoms with Crippen molar-refractivity contribution in [2.45, 2.75) is 32.6 Å². The zero-order chi connectivity index (χ0) is 10.2. The molecule has 14 heavy (non-hydrogen) atoms. The molecule has 0 aliphatic heterocycles. The van der Waals surface area contributed by atoms with E-state index in [-0.39, 0.29) is 5.41 Å². The Bertz CT molecular complexity index is 440. The van der Waals surface area contributed by atoms with E-state index in [4.69, 9.17) is 0 Å². The number of aromatic nitrogens is 2. The van der Waals surface area contributed by atoms with Crippen LogP contribution in [0, 0.1) is 0 Å². The first-order chi connectivity index (χ1) is 6.63. The molecule has 0 saturated carbocycles. The Morgan fingerprint density at radius 2 is 2.14 bits per heavy atom. The van der Waals surface area contributed by atoms with Gasteiger partial charge in [-0.25, -0.2) is 0 Å². The molecule has 2 rings (SSSR count). The molecule has 1 aromatic carbocycles. The maximum absolute atomic E-state index is 4.03. The Morgan fingerprint density at radius 1 is 1.36 bits per heavy atom. The molecule has 2 nitrogen and oxygen atoms in total. The van der Waals surface area contributed by atoms with Crippen LogP contribution in [0.1, 0.15) is 32.8 Å². The zero-order valence-electron chi connectivity index (χ0n) is 8.96. The van der Waals surface area contributed by atoms with Crippen molar-refractivity contribution in [3.8, 4) is 0 Å². The molecule has 0 bridgehead atoms. The largest absolute Gasteiger partial charge is 0.278 e. The molecule has 0 aliphatic rings. The molecule has 0 fully saturated rings. The molecule has 0 spiro atoms. The summed E-state index contributed by atoms with van der Waals surface area (Å²) in [6.07, 6.45) is 3.03. The molecule has 0 amide bonds. The van der Waals surface area contributed by atoms with Gasteiger partial charge in [-0.05, 0) is 29.5 Å². The van der Waals surface area contributed by atoms with Crippen molar-refractivity contribution in [1.82, 2.24) is 10.2 Å². The minimum atomic E-state index is 0.255. The minimum absolute atomic E-state index is 0.255. The van der Waals surface area contributed by atoms with Crippen LogP contribution in [0.15, 0.2) is 24.4 Å². The summed E-state index contributed by atoms with van der Waals surface area (Å²) in [5.41, 5.74) is 2.75. The van der Waals surface area contributed by atoms with Gasteiger partial charge in [0, 0.05) is 5.39 Å². The SMILES string of the molecule is CCC(C)(C)c1ccc2[nH]ncc2c1. The predicted octanol–water partition coefficient (Wildman–Crippen LogP) is 3.25. The highest BCUT2D eigenvalue weighted by molar-refractivity contribution is 5.78. The number of hydrogen-bond donors (Lipinski definition) is 1. The normalized spacial score (nSPS) is 12.2. The Morgan fingerprint density at radius 3 is 2.86 bits per heavy atom. The molecule has 0 unspecified atom stereocenters. The van der Waals surface area contributed by atoms with Crippen molar-refractivity contribution >= 4 is 10.9 Å².